The van der Waals surface area contributed by atoms with E-state index in [4.69, 9.17) is 5.26 Å². The van der Waals surface area contributed by atoms with E-state index >= 15 is 0 Å². The van der Waals surface area contributed by atoms with Crippen LogP contribution in [0, 0.1) is 11.3 Å². The summed E-state index contributed by atoms with van der Waals surface area (Å²) in [5, 5.41) is 11.8. The molecule has 98 valence electrons. The zero-order valence-electron chi connectivity index (χ0n) is 11.0. The van der Waals surface area contributed by atoms with Gasteiger partial charge in [0, 0.05) is 30.7 Å². The molecule has 0 saturated heterocycles. The Morgan fingerprint density at radius 1 is 1.53 bits per heavy atom. The van der Waals surface area contributed by atoms with Gasteiger partial charge in [0.1, 0.15) is 11.6 Å². The van der Waals surface area contributed by atoms with E-state index in [0.29, 0.717) is 6.42 Å². The second kappa shape index (κ2) is 5.24. The minimum absolute atomic E-state index is 0.117. The van der Waals surface area contributed by atoms with Crippen molar-refractivity contribution in [3.63, 3.8) is 0 Å². The van der Waals surface area contributed by atoms with Crippen LogP contribution in [0.2, 0.25) is 0 Å². The second-order valence-corrected chi connectivity index (χ2v) is 5.12. The molecule has 5 nitrogen and oxygen atoms in total. The van der Waals surface area contributed by atoms with E-state index in [1.165, 1.54) is 11.3 Å². The number of nitrogens with zero attached hydrogens (tertiary/aromatic N) is 3. The van der Waals surface area contributed by atoms with Crippen LogP contribution >= 0.6 is 11.3 Å². The molecule has 0 bridgehead atoms. The smallest absolute Gasteiger partial charge is 0.266 e. The van der Waals surface area contributed by atoms with Crippen LogP contribution in [-0.2, 0) is 6.42 Å². The standard InChI is InChI=1S/C13H14N4OS/c1-4-10-9(5-8(6-14)12(18)15-10)11-7-19-13(16-11)17(2)3/h5,7H,4H2,1-3H3,(H,15,18). The van der Waals surface area contributed by atoms with Crippen molar-refractivity contribution in [2.24, 2.45) is 0 Å². The number of hydrogen-bond donors (Lipinski definition) is 1. The van der Waals surface area contributed by atoms with Crippen LogP contribution in [0.5, 0.6) is 0 Å². The molecule has 0 amide bonds. The highest BCUT2D eigenvalue weighted by Gasteiger charge is 2.13. The largest absolute Gasteiger partial charge is 0.354 e. The van der Waals surface area contributed by atoms with Crippen LogP contribution in [0.1, 0.15) is 18.2 Å². The van der Waals surface area contributed by atoms with Crippen LogP contribution in [-0.4, -0.2) is 24.1 Å². The SMILES string of the molecule is CCc1[nH]c(=O)c(C#N)cc1-c1csc(N(C)C)n1. The molecule has 0 spiro atoms. The lowest BCUT2D eigenvalue weighted by atomic mass is 10.1. The lowest BCUT2D eigenvalue weighted by Gasteiger charge is -2.07. The summed E-state index contributed by atoms with van der Waals surface area (Å²) >= 11 is 1.53. The molecule has 0 aliphatic carbocycles. The molecule has 0 unspecified atom stereocenters. The fraction of sp³-hybridized carbons (Fsp3) is 0.308. The molecule has 0 aromatic carbocycles. The maximum atomic E-state index is 11.6. The molecular formula is C13H14N4OS. The van der Waals surface area contributed by atoms with E-state index in [1.54, 1.807) is 6.07 Å². The van der Waals surface area contributed by atoms with Crippen molar-refractivity contribution in [1.82, 2.24) is 9.97 Å². The van der Waals surface area contributed by atoms with Crippen LogP contribution in [0.4, 0.5) is 5.13 Å². The highest BCUT2D eigenvalue weighted by atomic mass is 32.1. The highest BCUT2D eigenvalue weighted by molar-refractivity contribution is 7.14. The topological polar surface area (TPSA) is 72.8 Å². The summed E-state index contributed by atoms with van der Waals surface area (Å²) < 4.78 is 0. The van der Waals surface area contributed by atoms with Gasteiger partial charge >= 0.3 is 0 Å². The average molecular weight is 274 g/mol. The van der Waals surface area contributed by atoms with E-state index in [-0.39, 0.29) is 11.1 Å². The van der Waals surface area contributed by atoms with Crippen molar-refractivity contribution in [3.8, 4) is 17.3 Å². The third-order valence-corrected chi connectivity index (χ3v) is 3.76. The molecule has 0 aliphatic rings. The minimum Gasteiger partial charge on any atom is -0.354 e. The second-order valence-electron chi connectivity index (χ2n) is 4.28. The predicted octanol–water partition coefficient (Wildman–Crippen LogP) is 2.00. The molecule has 6 heteroatoms. The van der Waals surface area contributed by atoms with Crippen LogP contribution in [0.3, 0.4) is 0 Å². The van der Waals surface area contributed by atoms with Gasteiger partial charge in [-0.25, -0.2) is 4.98 Å². The predicted molar refractivity (Wildman–Crippen MR) is 76.6 cm³/mol. The van der Waals surface area contributed by atoms with Crippen molar-refractivity contribution in [1.29, 1.82) is 5.26 Å². The van der Waals surface area contributed by atoms with Gasteiger partial charge < -0.3 is 9.88 Å². The first kappa shape index (κ1) is 13.3. The van der Waals surface area contributed by atoms with Gasteiger partial charge in [-0.1, -0.05) is 6.92 Å². The first-order chi connectivity index (χ1) is 9.06. The number of pyridine rings is 1. The van der Waals surface area contributed by atoms with Crippen LogP contribution in [0.25, 0.3) is 11.3 Å². The van der Waals surface area contributed by atoms with Crippen molar-refractivity contribution < 1.29 is 0 Å². The molecule has 2 aromatic rings. The van der Waals surface area contributed by atoms with Gasteiger partial charge in [0.05, 0.1) is 5.69 Å². The summed E-state index contributed by atoms with van der Waals surface area (Å²) in [6.45, 7) is 1.96. The third-order valence-electron chi connectivity index (χ3n) is 2.75. The minimum atomic E-state index is -0.342. The van der Waals surface area contributed by atoms with Gasteiger partial charge in [0.2, 0.25) is 0 Å². The number of aromatic nitrogens is 2. The van der Waals surface area contributed by atoms with E-state index < -0.39 is 0 Å². The third kappa shape index (κ3) is 2.51. The summed E-state index contributed by atoms with van der Waals surface area (Å²) in [6, 6.07) is 3.52. The quantitative estimate of drug-likeness (QED) is 0.929. The van der Waals surface area contributed by atoms with Crippen molar-refractivity contribution >= 4 is 16.5 Å². The Morgan fingerprint density at radius 2 is 2.26 bits per heavy atom. The summed E-state index contributed by atoms with van der Waals surface area (Å²) in [4.78, 5) is 20.8. The number of aromatic amines is 1. The Morgan fingerprint density at radius 3 is 2.79 bits per heavy atom. The lowest BCUT2D eigenvalue weighted by Crippen LogP contribution is -2.13. The maximum absolute atomic E-state index is 11.6. The van der Waals surface area contributed by atoms with Crippen molar-refractivity contribution in [3.05, 3.63) is 33.1 Å². The van der Waals surface area contributed by atoms with Gasteiger partial charge in [0.15, 0.2) is 5.13 Å². The van der Waals surface area contributed by atoms with Gasteiger partial charge in [-0.05, 0) is 12.5 Å². The Kier molecular flexibility index (Phi) is 3.67. The average Bonchev–Trinajstić information content (AvgIpc) is 2.88. The Bertz CT molecular complexity index is 693. The summed E-state index contributed by atoms with van der Waals surface area (Å²) in [6.07, 6.45) is 0.686. The zero-order chi connectivity index (χ0) is 14.0. The lowest BCUT2D eigenvalue weighted by molar-refractivity contribution is 1.01. The first-order valence-corrected chi connectivity index (χ1v) is 6.74. The molecule has 2 aromatic heterocycles. The molecule has 2 rings (SSSR count). The maximum Gasteiger partial charge on any atom is 0.266 e. The number of thiazole rings is 1. The highest BCUT2D eigenvalue weighted by Crippen LogP contribution is 2.28. The number of H-pyrrole nitrogens is 1. The molecule has 1 N–H and O–H groups in total. The monoisotopic (exact) mass is 274 g/mol. The number of nitrogens with one attached hydrogen (secondary N) is 1. The van der Waals surface area contributed by atoms with Gasteiger partial charge in [-0.2, -0.15) is 5.26 Å². The Balaban J connectivity index is 2.60. The van der Waals surface area contributed by atoms with Gasteiger partial charge in [-0.15, -0.1) is 11.3 Å². The Hall–Kier alpha value is -2.13. The van der Waals surface area contributed by atoms with Crippen LogP contribution < -0.4 is 10.5 Å². The summed E-state index contributed by atoms with van der Waals surface area (Å²) in [5.74, 6) is 0. The van der Waals surface area contributed by atoms with E-state index in [2.05, 4.69) is 9.97 Å². The van der Waals surface area contributed by atoms with E-state index in [1.807, 2.05) is 37.4 Å². The van der Waals surface area contributed by atoms with E-state index in [0.717, 1.165) is 22.1 Å². The van der Waals surface area contributed by atoms with Crippen molar-refractivity contribution in [2.75, 3.05) is 19.0 Å². The van der Waals surface area contributed by atoms with Crippen LogP contribution in [0.15, 0.2) is 16.2 Å². The van der Waals surface area contributed by atoms with Gasteiger partial charge in [0.25, 0.3) is 5.56 Å². The molecule has 19 heavy (non-hydrogen) atoms. The zero-order valence-corrected chi connectivity index (χ0v) is 11.8. The number of hydrogen-bond acceptors (Lipinski definition) is 5. The molecule has 0 atom stereocenters. The summed E-state index contributed by atoms with van der Waals surface area (Å²) in [7, 11) is 3.85. The first-order valence-electron chi connectivity index (χ1n) is 5.86. The number of anilines is 1. The fourth-order valence-electron chi connectivity index (χ4n) is 1.75. The summed E-state index contributed by atoms with van der Waals surface area (Å²) in [5.41, 5.74) is 2.19. The normalized spacial score (nSPS) is 10.2. The molecule has 0 radical (unpaired) electrons. The van der Waals surface area contributed by atoms with Crippen molar-refractivity contribution in [2.45, 2.75) is 13.3 Å². The fourth-order valence-corrected chi connectivity index (χ4v) is 2.51. The molecule has 2 heterocycles. The Labute approximate surface area is 115 Å². The van der Waals surface area contributed by atoms with Gasteiger partial charge in [-0.3, -0.25) is 4.79 Å². The number of nitriles is 1. The molecule has 0 saturated carbocycles. The molecule has 0 fully saturated rings. The molecule has 0 aliphatic heterocycles. The number of aryl methyl sites for hydroxylation is 1. The number of rotatable bonds is 3. The van der Waals surface area contributed by atoms with E-state index in [9.17, 15) is 4.79 Å². The molecular weight excluding hydrogens is 260 g/mol.